The molecule has 2 rings (SSSR count). The summed E-state index contributed by atoms with van der Waals surface area (Å²) in [5.74, 6) is -8.91. The first-order valence-electron chi connectivity index (χ1n) is 5.59. The van der Waals surface area contributed by atoms with Gasteiger partial charge in [-0.05, 0) is 6.07 Å². The van der Waals surface area contributed by atoms with Crippen LogP contribution in [0.2, 0.25) is 0 Å². The van der Waals surface area contributed by atoms with Gasteiger partial charge in [-0.25, -0.2) is 13.2 Å². The summed E-state index contributed by atoms with van der Waals surface area (Å²) in [5.41, 5.74) is -0.472. The van der Waals surface area contributed by atoms with Gasteiger partial charge in [0.1, 0.15) is 18.5 Å². The molecule has 21 heavy (non-hydrogen) atoms. The summed E-state index contributed by atoms with van der Waals surface area (Å²) >= 11 is 0. The standard InChI is InChI=1S/C14H6F5NO/c15-9-4-10(16)13(19)14(12(9)18)21-6-8-3-1-2-7(5-20)11(8)17/h1-4H,6H2. The van der Waals surface area contributed by atoms with E-state index in [9.17, 15) is 22.0 Å². The van der Waals surface area contributed by atoms with E-state index in [2.05, 4.69) is 4.74 Å². The fourth-order valence-electron chi connectivity index (χ4n) is 1.61. The SMILES string of the molecule is N#Cc1cccc(COc2c(F)c(F)cc(F)c2F)c1F. The zero-order chi connectivity index (χ0) is 15.6. The molecular formula is C14H6F5NO. The molecule has 7 heteroatoms. The van der Waals surface area contributed by atoms with Gasteiger partial charge in [-0.15, -0.1) is 0 Å². The van der Waals surface area contributed by atoms with Gasteiger partial charge in [-0.3, -0.25) is 0 Å². The number of hydrogen-bond acceptors (Lipinski definition) is 2. The van der Waals surface area contributed by atoms with Gasteiger partial charge in [-0.2, -0.15) is 14.0 Å². The van der Waals surface area contributed by atoms with Gasteiger partial charge in [0.2, 0.25) is 11.6 Å². The van der Waals surface area contributed by atoms with E-state index in [4.69, 9.17) is 5.26 Å². The van der Waals surface area contributed by atoms with E-state index in [0.717, 1.165) is 0 Å². The van der Waals surface area contributed by atoms with Crippen molar-refractivity contribution in [2.24, 2.45) is 0 Å². The van der Waals surface area contributed by atoms with Crippen molar-refractivity contribution in [3.63, 3.8) is 0 Å². The van der Waals surface area contributed by atoms with Crippen LogP contribution in [0, 0.1) is 40.4 Å². The first-order chi connectivity index (χ1) is 9.95. The lowest BCUT2D eigenvalue weighted by Gasteiger charge is -2.10. The molecular weight excluding hydrogens is 293 g/mol. The molecule has 2 nitrogen and oxygen atoms in total. The quantitative estimate of drug-likeness (QED) is 0.637. The predicted molar refractivity (Wildman–Crippen MR) is 61.7 cm³/mol. The summed E-state index contributed by atoms with van der Waals surface area (Å²) in [5, 5.41) is 8.64. The molecule has 108 valence electrons. The molecule has 0 unspecified atom stereocenters. The maximum absolute atomic E-state index is 13.7. The smallest absolute Gasteiger partial charge is 0.203 e. The minimum absolute atomic E-state index is 0.0361. The minimum Gasteiger partial charge on any atom is -0.483 e. The molecule has 0 radical (unpaired) electrons. The van der Waals surface area contributed by atoms with Crippen LogP contribution in [-0.4, -0.2) is 0 Å². The number of rotatable bonds is 3. The van der Waals surface area contributed by atoms with Gasteiger partial charge < -0.3 is 4.74 Å². The molecule has 2 aromatic carbocycles. The van der Waals surface area contributed by atoms with E-state index in [0.29, 0.717) is 0 Å². The first-order valence-corrected chi connectivity index (χ1v) is 5.59. The molecule has 0 atom stereocenters. The Morgan fingerprint density at radius 2 is 1.57 bits per heavy atom. The van der Waals surface area contributed by atoms with E-state index in [-0.39, 0.29) is 17.2 Å². The summed E-state index contributed by atoms with van der Waals surface area (Å²) in [6.07, 6.45) is 0. The molecule has 0 spiro atoms. The molecule has 0 saturated carbocycles. The van der Waals surface area contributed by atoms with Crippen molar-refractivity contribution in [3.05, 3.63) is 64.5 Å². The number of halogens is 5. The summed E-state index contributed by atoms with van der Waals surface area (Å²) in [4.78, 5) is 0. The average Bonchev–Trinajstić information content (AvgIpc) is 2.46. The highest BCUT2D eigenvalue weighted by atomic mass is 19.2. The fourth-order valence-corrected chi connectivity index (χ4v) is 1.61. The van der Waals surface area contributed by atoms with Crippen LogP contribution < -0.4 is 4.74 Å². The highest BCUT2D eigenvalue weighted by molar-refractivity contribution is 5.35. The van der Waals surface area contributed by atoms with Crippen molar-refractivity contribution in [3.8, 4) is 11.8 Å². The van der Waals surface area contributed by atoms with Gasteiger partial charge >= 0.3 is 0 Å². The van der Waals surface area contributed by atoms with Crippen LogP contribution in [0.15, 0.2) is 24.3 Å². The Morgan fingerprint density at radius 3 is 2.14 bits per heavy atom. The zero-order valence-corrected chi connectivity index (χ0v) is 10.3. The second-order valence-corrected chi connectivity index (χ2v) is 3.98. The maximum atomic E-state index is 13.7. The Kier molecular flexibility index (Phi) is 4.08. The zero-order valence-electron chi connectivity index (χ0n) is 10.3. The molecule has 0 heterocycles. The number of hydrogen-bond donors (Lipinski definition) is 0. The van der Waals surface area contributed by atoms with Gasteiger partial charge in [0.15, 0.2) is 17.4 Å². The van der Waals surface area contributed by atoms with Crippen molar-refractivity contribution in [1.29, 1.82) is 5.26 Å². The summed E-state index contributed by atoms with van der Waals surface area (Å²) in [6.45, 7) is -0.696. The molecule has 0 aliphatic rings. The molecule has 0 amide bonds. The topological polar surface area (TPSA) is 33.0 Å². The third-order valence-electron chi connectivity index (χ3n) is 2.64. The van der Waals surface area contributed by atoms with Crippen molar-refractivity contribution in [2.75, 3.05) is 0 Å². The van der Waals surface area contributed by atoms with Crippen LogP contribution in [-0.2, 0) is 6.61 Å². The third-order valence-corrected chi connectivity index (χ3v) is 2.64. The van der Waals surface area contributed by atoms with Crippen molar-refractivity contribution in [2.45, 2.75) is 6.61 Å². The first kappa shape index (κ1) is 14.8. The van der Waals surface area contributed by atoms with Crippen LogP contribution in [0.1, 0.15) is 11.1 Å². The van der Waals surface area contributed by atoms with Crippen LogP contribution in [0.3, 0.4) is 0 Å². The van der Waals surface area contributed by atoms with Crippen LogP contribution in [0.4, 0.5) is 22.0 Å². The Labute approximate surface area is 116 Å². The van der Waals surface area contributed by atoms with E-state index in [1.807, 2.05) is 0 Å². The van der Waals surface area contributed by atoms with Gasteiger partial charge in [-0.1, -0.05) is 12.1 Å². The van der Waals surface area contributed by atoms with Crippen LogP contribution >= 0.6 is 0 Å². The largest absolute Gasteiger partial charge is 0.483 e. The van der Waals surface area contributed by atoms with E-state index < -0.39 is 41.4 Å². The predicted octanol–water partition coefficient (Wildman–Crippen LogP) is 3.83. The monoisotopic (exact) mass is 299 g/mol. The fraction of sp³-hybridized carbons (Fsp3) is 0.0714. The molecule has 0 aromatic heterocycles. The van der Waals surface area contributed by atoms with Crippen molar-refractivity contribution >= 4 is 0 Å². The Hall–Kier alpha value is -2.62. The number of nitriles is 1. The second-order valence-electron chi connectivity index (χ2n) is 3.98. The molecule has 0 fully saturated rings. The van der Waals surface area contributed by atoms with Crippen LogP contribution in [0.5, 0.6) is 5.75 Å². The van der Waals surface area contributed by atoms with Crippen molar-refractivity contribution in [1.82, 2.24) is 0 Å². The van der Waals surface area contributed by atoms with E-state index >= 15 is 0 Å². The van der Waals surface area contributed by atoms with Crippen LogP contribution in [0.25, 0.3) is 0 Å². The highest BCUT2D eigenvalue weighted by Gasteiger charge is 2.21. The summed E-state index contributed by atoms with van der Waals surface area (Å²) in [6, 6.07) is 5.35. The molecule has 0 saturated heterocycles. The maximum Gasteiger partial charge on any atom is 0.203 e. The molecule has 2 aromatic rings. The van der Waals surface area contributed by atoms with Crippen molar-refractivity contribution < 1.29 is 26.7 Å². The van der Waals surface area contributed by atoms with E-state index in [1.54, 1.807) is 6.07 Å². The lowest BCUT2D eigenvalue weighted by Crippen LogP contribution is -2.05. The summed E-state index contributed by atoms with van der Waals surface area (Å²) in [7, 11) is 0. The van der Waals surface area contributed by atoms with Gasteiger partial charge in [0, 0.05) is 11.6 Å². The number of ether oxygens (including phenoxy) is 1. The Balaban J connectivity index is 2.32. The molecule has 0 bridgehead atoms. The Morgan fingerprint density at radius 1 is 0.952 bits per heavy atom. The average molecular weight is 299 g/mol. The third kappa shape index (κ3) is 2.79. The van der Waals surface area contributed by atoms with E-state index in [1.165, 1.54) is 18.2 Å². The van der Waals surface area contributed by atoms with Gasteiger partial charge in [0.25, 0.3) is 0 Å². The number of nitrogens with zero attached hydrogens (tertiary/aromatic N) is 1. The Bertz CT molecular complexity index is 713. The summed E-state index contributed by atoms with van der Waals surface area (Å²) < 4.78 is 70.9. The van der Waals surface area contributed by atoms with Gasteiger partial charge in [0.05, 0.1) is 5.56 Å². The number of benzene rings is 2. The lowest BCUT2D eigenvalue weighted by atomic mass is 10.1. The lowest BCUT2D eigenvalue weighted by molar-refractivity contribution is 0.257. The minimum atomic E-state index is -1.72. The molecule has 0 N–H and O–H groups in total. The second kappa shape index (κ2) is 5.79. The highest BCUT2D eigenvalue weighted by Crippen LogP contribution is 2.27. The molecule has 0 aliphatic carbocycles. The molecule has 0 aliphatic heterocycles. The normalized spacial score (nSPS) is 10.3.